The average Bonchev–Trinajstić information content (AvgIpc) is 2.83. The highest BCUT2D eigenvalue weighted by atomic mass is 16.7. The second kappa shape index (κ2) is 5.09. The van der Waals surface area contributed by atoms with Crippen LogP contribution in [0.2, 0.25) is 0 Å². The van der Waals surface area contributed by atoms with E-state index in [1.807, 2.05) is 6.07 Å². The highest BCUT2D eigenvalue weighted by Crippen LogP contribution is 2.39. The molecule has 0 bridgehead atoms. The Hall–Kier alpha value is -2.75. The summed E-state index contributed by atoms with van der Waals surface area (Å²) in [4.78, 5) is 21.9. The molecule has 1 aliphatic rings. The van der Waals surface area contributed by atoms with Crippen LogP contribution in [0.4, 0.5) is 0 Å². The van der Waals surface area contributed by atoms with Gasteiger partial charge in [0, 0.05) is 0 Å². The van der Waals surface area contributed by atoms with E-state index in [0.29, 0.717) is 11.5 Å². The van der Waals surface area contributed by atoms with Crippen LogP contribution in [0.1, 0.15) is 18.4 Å². The smallest absolute Gasteiger partial charge is 0.305 e. The average molecular weight is 277 g/mol. The first kappa shape index (κ1) is 13.7. The SMILES string of the molecule is N#CC(CC(=O)O)(CC(=O)O)c1ccc2c(c1)OCO2. The number of fused-ring (bicyclic) bond motifs is 1. The zero-order valence-corrected chi connectivity index (χ0v) is 10.3. The van der Waals surface area contributed by atoms with Crippen molar-refractivity contribution in [3.8, 4) is 17.6 Å². The van der Waals surface area contributed by atoms with Gasteiger partial charge < -0.3 is 19.7 Å². The molecule has 1 aliphatic heterocycles. The van der Waals surface area contributed by atoms with Crippen LogP contribution in [0.25, 0.3) is 0 Å². The van der Waals surface area contributed by atoms with Crippen LogP contribution in [0.5, 0.6) is 11.5 Å². The van der Waals surface area contributed by atoms with Gasteiger partial charge in [-0.2, -0.15) is 5.26 Å². The number of hydrogen-bond acceptors (Lipinski definition) is 5. The van der Waals surface area contributed by atoms with E-state index in [0.717, 1.165) is 0 Å². The van der Waals surface area contributed by atoms with Crippen molar-refractivity contribution in [1.29, 1.82) is 5.26 Å². The zero-order valence-electron chi connectivity index (χ0n) is 10.3. The first-order valence-corrected chi connectivity index (χ1v) is 5.72. The topological polar surface area (TPSA) is 117 Å². The van der Waals surface area contributed by atoms with Gasteiger partial charge in [-0.25, -0.2) is 0 Å². The molecule has 20 heavy (non-hydrogen) atoms. The third-order valence-corrected chi connectivity index (χ3v) is 3.05. The van der Waals surface area contributed by atoms with Crippen molar-refractivity contribution >= 4 is 11.9 Å². The number of nitrogens with zero attached hydrogens (tertiary/aromatic N) is 1. The van der Waals surface area contributed by atoms with Gasteiger partial charge >= 0.3 is 11.9 Å². The second-order valence-corrected chi connectivity index (χ2v) is 4.40. The van der Waals surface area contributed by atoms with Gasteiger partial charge in [-0.15, -0.1) is 0 Å². The van der Waals surface area contributed by atoms with E-state index < -0.39 is 30.2 Å². The molecular weight excluding hydrogens is 266 g/mol. The number of aliphatic carboxylic acids is 2. The van der Waals surface area contributed by atoms with Crippen LogP contribution in [-0.4, -0.2) is 28.9 Å². The van der Waals surface area contributed by atoms with E-state index in [1.165, 1.54) is 18.2 Å². The summed E-state index contributed by atoms with van der Waals surface area (Å²) in [6, 6.07) is 6.31. The van der Waals surface area contributed by atoms with Crippen molar-refractivity contribution in [2.24, 2.45) is 0 Å². The Bertz CT molecular complexity index is 587. The van der Waals surface area contributed by atoms with Crippen molar-refractivity contribution in [1.82, 2.24) is 0 Å². The van der Waals surface area contributed by atoms with E-state index in [1.54, 1.807) is 0 Å². The summed E-state index contributed by atoms with van der Waals surface area (Å²) in [5, 5.41) is 27.2. The van der Waals surface area contributed by atoms with Crippen LogP contribution in [0, 0.1) is 11.3 Å². The number of carboxylic acids is 2. The van der Waals surface area contributed by atoms with E-state index in [2.05, 4.69) is 0 Å². The third kappa shape index (κ3) is 2.49. The summed E-state index contributed by atoms with van der Waals surface area (Å²) in [5.41, 5.74) is -1.35. The second-order valence-electron chi connectivity index (χ2n) is 4.40. The Morgan fingerprint density at radius 3 is 2.35 bits per heavy atom. The predicted molar refractivity (Wildman–Crippen MR) is 64.4 cm³/mol. The number of benzene rings is 1. The van der Waals surface area contributed by atoms with E-state index in [9.17, 15) is 14.9 Å². The van der Waals surface area contributed by atoms with Gasteiger partial charge in [0.2, 0.25) is 6.79 Å². The minimum Gasteiger partial charge on any atom is -0.481 e. The molecule has 0 saturated carbocycles. The lowest BCUT2D eigenvalue weighted by molar-refractivity contribution is -0.140. The molecule has 1 heterocycles. The van der Waals surface area contributed by atoms with Gasteiger partial charge in [0.25, 0.3) is 0 Å². The summed E-state index contributed by atoms with van der Waals surface area (Å²) in [5.74, 6) is -1.64. The number of rotatable bonds is 5. The van der Waals surface area contributed by atoms with Gasteiger partial charge in [0.1, 0.15) is 5.41 Å². The van der Waals surface area contributed by atoms with Crippen LogP contribution in [0.3, 0.4) is 0 Å². The Labute approximate surface area is 114 Å². The first-order valence-electron chi connectivity index (χ1n) is 5.72. The summed E-state index contributed by atoms with van der Waals surface area (Å²) >= 11 is 0. The molecule has 2 N–H and O–H groups in total. The van der Waals surface area contributed by atoms with E-state index >= 15 is 0 Å². The lowest BCUT2D eigenvalue weighted by Gasteiger charge is -2.23. The Morgan fingerprint density at radius 1 is 1.20 bits per heavy atom. The lowest BCUT2D eigenvalue weighted by Crippen LogP contribution is -2.30. The molecule has 1 aromatic carbocycles. The quantitative estimate of drug-likeness (QED) is 0.828. The molecule has 0 aliphatic carbocycles. The molecule has 0 spiro atoms. The molecule has 1 aromatic rings. The van der Waals surface area contributed by atoms with Gasteiger partial charge in [0.15, 0.2) is 11.5 Å². The molecule has 0 unspecified atom stereocenters. The van der Waals surface area contributed by atoms with Crippen LogP contribution >= 0.6 is 0 Å². The van der Waals surface area contributed by atoms with Crippen molar-refractivity contribution < 1.29 is 29.3 Å². The number of ether oxygens (including phenoxy) is 2. The van der Waals surface area contributed by atoms with Crippen molar-refractivity contribution in [3.05, 3.63) is 23.8 Å². The first-order chi connectivity index (χ1) is 9.47. The largest absolute Gasteiger partial charge is 0.481 e. The summed E-state index contributed by atoms with van der Waals surface area (Å²) in [6.45, 7) is 0.0379. The molecule has 0 amide bonds. The standard InChI is InChI=1S/C13H11NO6/c14-6-13(4-11(15)16,5-12(17)18)8-1-2-9-10(3-8)20-7-19-9/h1-3H,4-5,7H2,(H,15,16)(H,17,18). The monoisotopic (exact) mass is 277 g/mol. The maximum Gasteiger partial charge on any atom is 0.305 e. The van der Waals surface area contributed by atoms with E-state index in [-0.39, 0.29) is 12.4 Å². The fourth-order valence-corrected chi connectivity index (χ4v) is 2.12. The Morgan fingerprint density at radius 2 is 1.80 bits per heavy atom. The molecule has 7 heteroatoms. The van der Waals surface area contributed by atoms with Gasteiger partial charge in [-0.3, -0.25) is 9.59 Å². The molecule has 0 aromatic heterocycles. The number of nitriles is 1. The Balaban J connectivity index is 2.47. The maximum absolute atomic E-state index is 11.0. The van der Waals surface area contributed by atoms with Crippen molar-refractivity contribution in [2.45, 2.75) is 18.3 Å². The maximum atomic E-state index is 11.0. The van der Waals surface area contributed by atoms with Crippen molar-refractivity contribution in [3.63, 3.8) is 0 Å². The fraction of sp³-hybridized carbons (Fsp3) is 0.308. The molecule has 0 saturated heterocycles. The number of carbonyl (C=O) groups is 2. The van der Waals surface area contributed by atoms with Gasteiger partial charge in [0.05, 0.1) is 18.9 Å². The summed E-state index contributed by atoms with van der Waals surface area (Å²) in [6.07, 6.45) is -1.20. The number of hydrogen-bond donors (Lipinski definition) is 2. The van der Waals surface area contributed by atoms with Gasteiger partial charge in [-0.1, -0.05) is 6.07 Å². The minimum atomic E-state index is -1.64. The lowest BCUT2D eigenvalue weighted by atomic mass is 9.76. The molecule has 7 nitrogen and oxygen atoms in total. The predicted octanol–water partition coefficient (Wildman–Crippen LogP) is 1.13. The molecule has 0 fully saturated rings. The Kier molecular flexibility index (Phi) is 3.48. The van der Waals surface area contributed by atoms with Crippen LogP contribution < -0.4 is 9.47 Å². The van der Waals surface area contributed by atoms with Crippen LogP contribution in [0.15, 0.2) is 18.2 Å². The fourth-order valence-electron chi connectivity index (χ4n) is 2.12. The molecular formula is C13H11NO6. The summed E-state index contributed by atoms with van der Waals surface area (Å²) < 4.78 is 10.3. The molecule has 104 valence electrons. The van der Waals surface area contributed by atoms with Crippen LogP contribution in [-0.2, 0) is 15.0 Å². The van der Waals surface area contributed by atoms with E-state index in [4.69, 9.17) is 19.7 Å². The molecule has 0 atom stereocenters. The highest BCUT2D eigenvalue weighted by Gasteiger charge is 2.38. The van der Waals surface area contributed by atoms with Gasteiger partial charge in [-0.05, 0) is 17.7 Å². The number of carboxylic acid groups (broad SMARTS) is 2. The third-order valence-electron chi connectivity index (χ3n) is 3.05. The molecule has 0 radical (unpaired) electrons. The normalized spacial score (nSPS) is 12.8. The minimum absolute atomic E-state index is 0.0379. The highest BCUT2D eigenvalue weighted by molar-refractivity contribution is 5.76. The zero-order chi connectivity index (χ0) is 14.8. The molecule has 2 rings (SSSR count). The summed E-state index contributed by atoms with van der Waals surface area (Å²) in [7, 11) is 0. The van der Waals surface area contributed by atoms with Crippen molar-refractivity contribution in [2.75, 3.05) is 6.79 Å².